The van der Waals surface area contributed by atoms with Crippen molar-refractivity contribution in [2.75, 3.05) is 21.3 Å². The first-order chi connectivity index (χ1) is 12.5. The molecule has 138 valence electrons. The van der Waals surface area contributed by atoms with Crippen LogP contribution in [0, 0.1) is 5.92 Å². The van der Waals surface area contributed by atoms with Crippen molar-refractivity contribution in [2.24, 2.45) is 5.92 Å². The highest BCUT2D eigenvalue weighted by Gasteiger charge is 2.16. The summed E-state index contributed by atoms with van der Waals surface area (Å²) in [5.41, 5.74) is 2.77. The van der Waals surface area contributed by atoms with Crippen LogP contribution >= 0.6 is 0 Å². The Labute approximate surface area is 151 Å². The van der Waals surface area contributed by atoms with E-state index in [-0.39, 0.29) is 5.56 Å². The molecule has 2 heterocycles. The van der Waals surface area contributed by atoms with Gasteiger partial charge in [-0.2, -0.15) is 0 Å². The second-order valence-corrected chi connectivity index (χ2v) is 6.46. The lowest BCUT2D eigenvalue weighted by molar-refractivity contribution is 0.324. The van der Waals surface area contributed by atoms with E-state index in [1.54, 1.807) is 27.4 Å². The molecule has 26 heavy (non-hydrogen) atoms. The van der Waals surface area contributed by atoms with Gasteiger partial charge in [0.25, 0.3) is 5.56 Å². The fourth-order valence-corrected chi connectivity index (χ4v) is 2.95. The molecule has 0 aliphatic heterocycles. The average molecular weight is 357 g/mol. The molecule has 7 nitrogen and oxygen atoms in total. The van der Waals surface area contributed by atoms with Crippen molar-refractivity contribution in [2.45, 2.75) is 20.3 Å². The first-order valence-electron chi connectivity index (χ1n) is 8.39. The molecule has 2 aromatic heterocycles. The molecule has 0 spiro atoms. The van der Waals surface area contributed by atoms with E-state index < -0.39 is 0 Å². The highest BCUT2D eigenvalue weighted by molar-refractivity contribution is 5.71. The Hall–Kier alpha value is -2.96. The summed E-state index contributed by atoms with van der Waals surface area (Å²) in [4.78, 5) is 17.0. The van der Waals surface area contributed by atoms with Gasteiger partial charge in [0, 0.05) is 23.4 Å². The minimum absolute atomic E-state index is 0.135. The standard InChI is InChI=1S/C19H23N3O4/c1-11(2)6-13-9-18(23)22-17(20-13)10-14(21-22)12-7-15(24-3)19(26-5)16(8-12)25-4/h7-11,21H,6H2,1-5H3. The van der Waals surface area contributed by atoms with E-state index >= 15 is 0 Å². The Morgan fingerprint density at radius 3 is 2.23 bits per heavy atom. The summed E-state index contributed by atoms with van der Waals surface area (Å²) in [5, 5.41) is 3.09. The summed E-state index contributed by atoms with van der Waals surface area (Å²) < 4.78 is 17.6. The van der Waals surface area contributed by atoms with Crippen LogP contribution < -0.4 is 19.8 Å². The predicted octanol–water partition coefficient (Wildman–Crippen LogP) is 2.91. The molecule has 0 saturated carbocycles. The molecule has 0 unspecified atom stereocenters. The summed E-state index contributed by atoms with van der Waals surface area (Å²) in [6.45, 7) is 4.20. The number of nitrogens with zero attached hydrogens (tertiary/aromatic N) is 2. The van der Waals surface area contributed by atoms with Crippen molar-refractivity contribution in [3.63, 3.8) is 0 Å². The monoisotopic (exact) mass is 357 g/mol. The lowest BCUT2D eigenvalue weighted by Crippen LogP contribution is -2.16. The molecule has 0 aliphatic rings. The molecular formula is C19H23N3O4. The Morgan fingerprint density at radius 2 is 1.69 bits per heavy atom. The maximum absolute atomic E-state index is 12.4. The second-order valence-electron chi connectivity index (χ2n) is 6.46. The quantitative estimate of drug-likeness (QED) is 0.734. The summed E-state index contributed by atoms with van der Waals surface area (Å²) in [7, 11) is 4.69. The van der Waals surface area contributed by atoms with Crippen LogP contribution in [0.4, 0.5) is 0 Å². The van der Waals surface area contributed by atoms with Gasteiger partial charge in [0.05, 0.1) is 27.0 Å². The zero-order valence-corrected chi connectivity index (χ0v) is 15.6. The summed E-state index contributed by atoms with van der Waals surface area (Å²) in [5.74, 6) is 2.03. The normalized spacial score (nSPS) is 11.2. The number of hydrogen-bond donors (Lipinski definition) is 1. The number of H-pyrrole nitrogens is 1. The number of ether oxygens (including phenoxy) is 3. The van der Waals surface area contributed by atoms with Crippen LogP contribution in [-0.2, 0) is 6.42 Å². The van der Waals surface area contributed by atoms with E-state index in [4.69, 9.17) is 14.2 Å². The molecule has 0 amide bonds. The zero-order valence-electron chi connectivity index (χ0n) is 15.6. The third-order valence-electron chi connectivity index (χ3n) is 4.10. The molecule has 1 aromatic carbocycles. The van der Waals surface area contributed by atoms with Crippen LogP contribution in [0.3, 0.4) is 0 Å². The van der Waals surface area contributed by atoms with E-state index in [0.29, 0.717) is 28.8 Å². The van der Waals surface area contributed by atoms with Crippen molar-refractivity contribution in [1.29, 1.82) is 0 Å². The number of aromatic amines is 1. The van der Waals surface area contributed by atoms with Crippen molar-refractivity contribution in [3.8, 4) is 28.5 Å². The minimum atomic E-state index is -0.135. The van der Waals surface area contributed by atoms with Crippen LogP contribution in [-0.4, -0.2) is 35.9 Å². The molecule has 0 bridgehead atoms. The first-order valence-corrected chi connectivity index (χ1v) is 8.39. The van der Waals surface area contributed by atoms with Crippen molar-refractivity contribution in [3.05, 3.63) is 40.3 Å². The number of hydrogen-bond acceptors (Lipinski definition) is 5. The van der Waals surface area contributed by atoms with Crippen LogP contribution in [0.25, 0.3) is 16.9 Å². The fraction of sp³-hybridized carbons (Fsp3) is 0.368. The maximum atomic E-state index is 12.4. The first kappa shape index (κ1) is 17.8. The highest BCUT2D eigenvalue weighted by Crippen LogP contribution is 2.40. The van der Waals surface area contributed by atoms with Gasteiger partial charge >= 0.3 is 0 Å². The number of rotatable bonds is 6. The molecular weight excluding hydrogens is 334 g/mol. The third kappa shape index (κ3) is 3.24. The van der Waals surface area contributed by atoms with Gasteiger partial charge in [0.15, 0.2) is 17.1 Å². The van der Waals surface area contributed by atoms with Gasteiger partial charge in [0.1, 0.15) is 0 Å². The summed E-state index contributed by atoms with van der Waals surface area (Å²) in [6, 6.07) is 7.06. The van der Waals surface area contributed by atoms with E-state index in [0.717, 1.165) is 23.4 Å². The van der Waals surface area contributed by atoms with Crippen molar-refractivity contribution >= 4 is 5.65 Å². The maximum Gasteiger partial charge on any atom is 0.272 e. The Balaban J connectivity index is 2.14. The van der Waals surface area contributed by atoms with Gasteiger partial charge in [-0.25, -0.2) is 9.50 Å². The molecule has 7 heteroatoms. The number of methoxy groups -OCH3 is 3. The van der Waals surface area contributed by atoms with E-state index in [2.05, 4.69) is 23.9 Å². The van der Waals surface area contributed by atoms with Crippen LogP contribution in [0.1, 0.15) is 19.5 Å². The second kappa shape index (κ2) is 7.11. The highest BCUT2D eigenvalue weighted by atomic mass is 16.5. The molecule has 0 aliphatic carbocycles. The molecule has 3 rings (SSSR count). The smallest absolute Gasteiger partial charge is 0.272 e. The topological polar surface area (TPSA) is 77.8 Å². The van der Waals surface area contributed by atoms with Gasteiger partial charge in [0.2, 0.25) is 5.75 Å². The lowest BCUT2D eigenvalue weighted by atomic mass is 10.1. The van der Waals surface area contributed by atoms with E-state index in [9.17, 15) is 4.79 Å². The van der Waals surface area contributed by atoms with Gasteiger partial charge in [-0.15, -0.1) is 0 Å². The Bertz CT molecular complexity index is 963. The van der Waals surface area contributed by atoms with E-state index in [1.165, 1.54) is 4.52 Å². The minimum Gasteiger partial charge on any atom is -0.493 e. The van der Waals surface area contributed by atoms with Crippen molar-refractivity contribution in [1.82, 2.24) is 14.6 Å². The van der Waals surface area contributed by atoms with E-state index in [1.807, 2.05) is 18.2 Å². The van der Waals surface area contributed by atoms with Gasteiger partial charge < -0.3 is 14.2 Å². The number of aromatic nitrogens is 3. The zero-order chi connectivity index (χ0) is 18.8. The van der Waals surface area contributed by atoms with Crippen molar-refractivity contribution < 1.29 is 14.2 Å². The largest absolute Gasteiger partial charge is 0.493 e. The molecule has 0 saturated heterocycles. The molecule has 3 aromatic rings. The van der Waals surface area contributed by atoms with Crippen LogP contribution in [0.15, 0.2) is 29.1 Å². The van der Waals surface area contributed by atoms with Gasteiger partial charge in [-0.3, -0.25) is 9.89 Å². The summed E-state index contributed by atoms with van der Waals surface area (Å²) in [6.07, 6.45) is 0.760. The molecule has 1 N–H and O–H groups in total. The summed E-state index contributed by atoms with van der Waals surface area (Å²) >= 11 is 0. The van der Waals surface area contributed by atoms with Gasteiger partial charge in [-0.1, -0.05) is 13.8 Å². The molecule has 0 radical (unpaired) electrons. The number of nitrogens with one attached hydrogen (secondary N) is 1. The Kier molecular flexibility index (Phi) is 4.88. The average Bonchev–Trinajstić information content (AvgIpc) is 3.04. The van der Waals surface area contributed by atoms with Crippen LogP contribution in [0.2, 0.25) is 0 Å². The predicted molar refractivity (Wildman–Crippen MR) is 99.4 cm³/mol. The fourth-order valence-electron chi connectivity index (χ4n) is 2.95. The number of benzene rings is 1. The van der Waals surface area contributed by atoms with Crippen LogP contribution in [0.5, 0.6) is 17.2 Å². The third-order valence-corrected chi connectivity index (χ3v) is 4.10. The number of fused-ring (bicyclic) bond motifs is 1. The molecule has 0 atom stereocenters. The van der Waals surface area contributed by atoms with Gasteiger partial charge in [-0.05, 0) is 24.5 Å². The molecule has 0 fully saturated rings. The Morgan fingerprint density at radius 1 is 1.04 bits per heavy atom. The SMILES string of the molecule is COc1cc(-c2cc3nc(CC(C)C)cc(=O)n3[nH]2)cc(OC)c1OC. The lowest BCUT2D eigenvalue weighted by Gasteiger charge is -2.13.